The van der Waals surface area contributed by atoms with E-state index in [4.69, 9.17) is 0 Å². The predicted octanol–water partition coefficient (Wildman–Crippen LogP) is 5.03. The zero-order chi connectivity index (χ0) is 25.8. The molecule has 0 unspecified atom stereocenters. The molecular formula is C30H34N4O3. The molecule has 0 aliphatic carbocycles. The van der Waals surface area contributed by atoms with Crippen molar-refractivity contribution in [2.24, 2.45) is 5.92 Å². The second-order valence-corrected chi connectivity index (χ2v) is 10.2. The fraction of sp³-hybridized carbons (Fsp3) is 0.367. The Labute approximate surface area is 218 Å². The van der Waals surface area contributed by atoms with Gasteiger partial charge in [-0.15, -0.1) is 0 Å². The average molecular weight is 499 g/mol. The van der Waals surface area contributed by atoms with Crippen LogP contribution in [0, 0.1) is 16.0 Å². The molecule has 2 saturated heterocycles. The van der Waals surface area contributed by atoms with Gasteiger partial charge in [-0.3, -0.25) is 14.9 Å². The number of nitro benzene ring substituents is 1. The number of amides is 1. The van der Waals surface area contributed by atoms with Crippen LogP contribution in [0.2, 0.25) is 0 Å². The molecule has 0 N–H and O–H groups in total. The molecule has 2 aliphatic rings. The van der Waals surface area contributed by atoms with Gasteiger partial charge in [0, 0.05) is 56.8 Å². The van der Waals surface area contributed by atoms with E-state index in [1.54, 1.807) is 12.1 Å². The Kier molecular flexibility index (Phi) is 7.51. The summed E-state index contributed by atoms with van der Waals surface area (Å²) in [5, 5.41) is 11.9. The highest BCUT2D eigenvalue weighted by Crippen LogP contribution is 2.40. The van der Waals surface area contributed by atoms with E-state index in [9.17, 15) is 14.9 Å². The molecule has 7 nitrogen and oxygen atoms in total. The molecule has 7 heteroatoms. The summed E-state index contributed by atoms with van der Waals surface area (Å²) >= 11 is 0. The number of nitrogens with zero attached hydrogens (tertiary/aromatic N) is 4. The highest BCUT2D eigenvalue weighted by molar-refractivity contribution is 5.96. The van der Waals surface area contributed by atoms with Gasteiger partial charge in [0.2, 0.25) is 0 Å². The lowest BCUT2D eigenvalue weighted by Crippen LogP contribution is -2.47. The molecule has 1 amide bonds. The van der Waals surface area contributed by atoms with E-state index in [1.165, 1.54) is 17.2 Å². The fourth-order valence-electron chi connectivity index (χ4n) is 5.79. The van der Waals surface area contributed by atoms with Crippen molar-refractivity contribution in [2.75, 3.05) is 51.2 Å². The minimum atomic E-state index is -0.331. The third kappa shape index (κ3) is 5.52. The van der Waals surface area contributed by atoms with Crippen LogP contribution in [0.5, 0.6) is 0 Å². The third-order valence-corrected chi connectivity index (χ3v) is 7.88. The van der Waals surface area contributed by atoms with Crippen molar-refractivity contribution in [3.05, 3.63) is 106 Å². The molecule has 5 rings (SSSR count). The van der Waals surface area contributed by atoms with Crippen LogP contribution >= 0.6 is 0 Å². The van der Waals surface area contributed by atoms with Crippen molar-refractivity contribution < 1.29 is 9.72 Å². The average Bonchev–Trinajstić information content (AvgIpc) is 2.94. The van der Waals surface area contributed by atoms with Gasteiger partial charge in [0.1, 0.15) is 5.69 Å². The highest BCUT2D eigenvalue weighted by Gasteiger charge is 2.32. The zero-order valence-electron chi connectivity index (χ0n) is 21.3. The fourth-order valence-corrected chi connectivity index (χ4v) is 5.79. The monoisotopic (exact) mass is 498 g/mol. The number of hydrogen-bond acceptors (Lipinski definition) is 5. The Morgan fingerprint density at radius 3 is 1.95 bits per heavy atom. The second-order valence-electron chi connectivity index (χ2n) is 10.2. The molecular weight excluding hydrogens is 464 g/mol. The summed E-state index contributed by atoms with van der Waals surface area (Å²) in [6.07, 6.45) is 1.84. The van der Waals surface area contributed by atoms with Gasteiger partial charge < -0.3 is 14.7 Å². The number of likely N-dealkylation sites (N-methyl/N-ethyl adjacent to an activating group) is 1. The molecule has 3 aromatic rings. The number of nitro groups is 1. The number of piperazine rings is 1. The third-order valence-electron chi connectivity index (χ3n) is 7.88. The topological polar surface area (TPSA) is 69.9 Å². The summed E-state index contributed by atoms with van der Waals surface area (Å²) in [5.74, 6) is 0.660. The van der Waals surface area contributed by atoms with Crippen molar-refractivity contribution in [1.29, 1.82) is 0 Å². The van der Waals surface area contributed by atoms with E-state index < -0.39 is 0 Å². The van der Waals surface area contributed by atoms with E-state index in [0.29, 0.717) is 43.3 Å². The van der Waals surface area contributed by atoms with Crippen molar-refractivity contribution in [3.63, 3.8) is 0 Å². The van der Waals surface area contributed by atoms with Crippen molar-refractivity contribution >= 4 is 17.3 Å². The van der Waals surface area contributed by atoms with Gasteiger partial charge in [0.15, 0.2) is 0 Å². The predicted molar refractivity (Wildman–Crippen MR) is 146 cm³/mol. The molecule has 2 heterocycles. The van der Waals surface area contributed by atoms with Crippen LogP contribution in [-0.2, 0) is 0 Å². The van der Waals surface area contributed by atoms with Crippen LogP contribution in [0.1, 0.15) is 40.2 Å². The van der Waals surface area contributed by atoms with Crippen molar-refractivity contribution in [2.45, 2.75) is 18.8 Å². The van der Waals surface area contributed by atoms with E-state index in [0.717, 1.165) is 25.9 Å². The van der Waals surface area contributed by atoms with E-state index >= 15 is 0 Å². The van der Waals surface area contributed by atoms with Crippen LogP contribution in [0.4, 0.5) is 11.4 Å². The molecule has 0 radical (unpaired) electrons. The van der Waals surface area contributed by atoms with Gasteiger partial charge >= 0.3 is 0 Å². The molecule has 192 valence electrons. The van der Waals surface area contributed by atoms with Crippen LogP contribution in [-0.4, -0.2) is 66.9 Å². The van der Waals surface area contributed by atoms with Crippen LogP contribution in [0.3, 0.4) is 0 Å². The SMILES string of the molecule is CN1CCN(C(=O)c2ccc([N+](=O)[O-])c(N3CCC(C(c4ccccc4)c4ccccc4)CC3)c2)CC1. The summed E-state index contributed by atoms with van der Waals surface area (Å²) in [7, 11) is 2.05. The minimum absolute atomic E-state index is 0.0487. The zero-order valence-corrected chi connectivity index (χ0v) is 21.3. The maximum absolute atomic E-state index is 13.2. The van der Waals surface area contributed by atoms with Gasteiger partial charge in [-0.2, -0.15) is 0 Å². The largest absolute Gasteiger partial charge is 0.366 e. The number of hydrogen-bond donors (Lipinski definition) is 0. The summed E-state index contributed by atoms with van der Waals surface area (Å²) in [4.78, 5) is 30.9. The maximum Gasteiger partial charge on any atom is 0.292 e. The van der Waals surface area contributed by atoms with E-state index in [1.807, 2.05) is 17.0 Å². The lowest BCUT2D eigenvalue weighted by atomic mass is 9.76. The Morgan fingerprint density at radius 2 is 1.41 bits per heavy atom. The molecule has 0 bridgehead atoms. The summed E-state index contributed by atoms with van der Waals surface area (Å²) in [5.41, 5.74) is 3.75. The standard InChI is InChI=1S/C30H34N4O3/c1-31-18-20-33(21-19-31)30(35)26-12-13-27(34(36)37)28(22-26)32-16-14-25(15-17-32)29(23-8-4-2-5-9-23)24-10-6-3-7-11-24/h2-13,22,25,29H,14-21H2,1H3. The Morgan fingerprint density at radius 1 is 0.838 bits per heavy atom. The molecule has 0 atom stereocenters. The molecule has 0 spiro atoms. The number of carbonyl (C=O) groups excluding carboxylic acids is 1. The van der Waals surface area contributed by atoms with Gasteiger partial charge in [-0.1, -0.05) is 60.7 Å². The quantitative estimate of drug-likeness (QED) is 0.352. The molecule has 2 aliphatic heterocycles. The first kappa shape index (κ1) is 25.0. The summed E-state index contributed by atoms with van der Waals surface area (Å²) in [6.45, 7) is 4.45. The molecule has 0 aromatic heterocycles. The first-order valence-corrected chi connectivity index (χ1v) is 13.1. The highest BCUT2D eigenvalue weighted by atomic mass is 16.6. The van der Waals surface area contributed by atoms with Crippen molar-refractivity contribution in [3.8, 4) is 0 Å². The summed E-state index contributed by atoms with van der Waals surface area (Å²) in [6, 6.07) is 26.1. The lowest BCUT2D eigenvalue weighted by molar-refractivity contribution is -0.384. The second kappa shape index (κ2) is 11.1. The number of piperidine rings is 1. The maximum atomic E-state index is 13.2. The molecule has 3 aromatic carbocycles. The Balaban J connectivity index is 1.36. The van der Waals surface area contributed by atoms with Gasteiger partial charge in [-0.25, -0.2) is 0 Å². The number of benzene rings is 3. The smallest absolute Gasteiger partial charge is 0.292 e. The first-order valence-electron chi connectivity index (χ1n) is 13.1. The van der Waals surface area contributed by atoms with Crippen LogP contribution in [0.15, 0.2) is 78.9 Å². The van der Waals surface area contributed by atoms with Crippen molar-refractivity contribution in [1.82, 2.24) is 9.80 Å². The van der Waals surface area contributed by atoms with E-state index in [2.05, 4.69) is 65.4 Å². The van der Waals surface area contributed by atoms with Crippen LogP contribution in [0.25, 0.3) is 0 Å². The first-order chi connectivity index (χ1) is 18.0. The minimum Gasteiger partial charge on any atom is -0.366 e. The van der Waals surface area contributed by atoms with Gasteiger partial charge in [0.25, 0.3) is 11.6 Å². The van der Waals surface area contributed by atoms with Gasteiger partial charge in [-0.05, 0) is 49.1 Å². The normalized spacial score (nSPS) is 17.2. The Hall–Kier alpha value is -3.71. The number of anilines is 1. The summed E-state index contributed by atoms with van der Waals surface area (Å²) < 4.78 is 0. The molecule has 37 heavy (non-hydrogen) atoms. The van der Waals surface area contributed by atoms with E-state index in [-0.39, 0.29) is 22.4 Å². The molecule has 2 fully saturated rings. The lowest BCUT2D eigenvalue weighted by Gasteiger charge is -2.38. The number of carbonyl (C=O) groups is 1. The molecule has 0 saturated carbocycles. The van der Waals surface area contributed by atoms with Gasteiger partial charge in [0.05, 0.1) is 4.92 Å². The Bertz CT molecular complexity index is 1180. The van der Waals surface area contributed by atoms with Crippen LogP contribution < -0.4 is 4.90 Å². The number of rotatable bonds is 6.